The summed E-state index contributed by atoms with van der Waals surface area (Å²) in [6.45, 7) is 3.76. The van der Waals surface area contributed by atoms with Crippen LogP contribution in [0.2, 0.25) is 0 Å². The first kappa shape index (κ1) is 21.2. The Bertz CT molecular complexity index is 1550. The molecule has 5 aromatic rings. The second kappa shape index (κ2) is 8.83. The number of hydrogen-bond acceptors (Lipinski definition) is 8. The molecule has 1 aliphatic heterocycles. The molecule has 2 fully saturated rings. The number of pyridine rings is 3. The SMILES string of the molecule is c1cc(-c2nc(N3CCNCC3)c3c(C4CCC4)cncc3n2)cc(Nc2ccc3ccnn3c2)n1. The van der Waals surface area contributed by atoms with Crippen molar-refractivity contribution in [2.24, 2.45) is 0 Å². The van der Waals surface area contributed by atoms with Gasteiger partial charge in [0.2, 0.25) is 0 Å². The van der Waals surface area contributed by atoms with Crippen LogP contribution in [0.4, 0.5) is 17.3 Å². The van der Waals surface area contributed by atoms with Gasteiger partial charge in [0.15, 0.2) is 5.82 Å². The van der Waals surface area contributed by atoms with Crippen molar-refractivity contribution in [3.8, 4) is 11.4 Å². The van der Waals surface area contributed by atoms with E-state index < -0.39 is 0 Å². The first-order valence-corrected chi connectivity index (χ1v) is 12.6. The van der Waals surface area contributed by atoms with E-state index in [1.54, 1.807) is 12.4 Å². The minimum Gasteiger partial charge on any atom is -0.353 e. The van der Waals surface area contributed by atoms with Crippen LogP contribution in [0.3, 0.4) is 0 Å². The summed E-state index contributed by atoms with van der Waals surface area (Å²) in [4.78, 5) is 21.7. The third kappa shape index (κ3) is 3.81. The quantitative estimate of drug-likeness (QED) is 0.390. The maximum absolute atomic E-state index is 5.17. The highest BCUT2D eigenvalue weighted by molar-refractivity contribution is 5.94. The third-order valence-electron chi connectivity index (χ3n) is 7.27. The van der Waals surface area contributed by atoms with Crippen LogP contribution in [0.5, 0.6) is 0 Å². The van der Waals surface area contributed by atoms with Gasteiger partial charge in [-0.1, -0.05) is 6.42 Å². The van der Waals surface area contributed by atoms with Gasteiger partial charge in [-0.05, 0) is 54.7 Å². The van der Waals surface area contributed by atoms with Gasteiger partial charge < -0.3 is 15.5 Å². The maximum Gasteiger partial charge on any atom is 0.162 e. The number of piperazine rings is 1. The lowest BCUT2D eigenvalue weighted by Gasteiger charge is -2.32. The normalized spacial score (nSPS) is 16.4. The zero-order chi connectivity index (χ0) is 23.9. The van der Waals surface area contributed by atoms with Crippen LogP contribution in [0.25, 0.3) is 27.8 Å². The van der Waals surface area contributed by atoms with Crippen molar-refractivity contribution in [1.82, 2.24) is 34.9 Å². The molecule has 9 nitrogen and oxygen atoms in total. The van der Waals surface area contributed by atoms with Crippen molar-refractivity contribution in [1.29, 1.82) is 0 Å². The fourth-order valence-electron chi connectivity index (χ4n) is 5.13. The summed E-state index contributed by atoms with van der Waals surface area (Å²) < 4.78 is 1.84. The number of fused-ring (bicyclic) bond motifs is 2. The predicted molar refractivity (Wildman–Crippen MR) is 141 cm³/mol. The summed E-state index contributed by atoms with van der Waals surface area (Å²) in [5, 5.41) is 12.3. The van der Waals surface area contributed by atoms with Crippen LogP contribution < -0.4 is 15.5 Å². The molecule has 6 heterocycles. The highest BCUT2D eigenvalue weighted by Gasteiger charge is 2.26. The molecule has 2 N–H and O–H groups in total. The zero-order valence-electron chi connectivity index (χ0n) is 19.9. The fraction of sp³-hybridized carbons (Fsp3) is 0.296. The number of hydrogen-bond donors (Lipinski definition) is 2. The van der Waals surface area contributed by atoms with E-state index >= 15 is 0 Å². The Hall–Kier alpha value is -4.11. The van der Waals surface area contributed by atoms with E-state index in [0.29, 0.717) is 11.7 Å². The van der Waals surface area contributed by atoms with E-state index in [1.807, 2.05) is 53.4 Å². The van der Waals surface area contributed by atoms with Crippen molar-refractivity contribution in [2.75, 3.05) is 36.4 Å². The number of nitrogens with one attached hydrogen (secondary N) is 2. The lowest BCUT2D eigenvalue weighted by Crippen LogP contribution is -2.44. The molecule has 7 rings (SSSR count). The Morgan fingerprint density at radius 3 is 2.75 bits per heavy atom. The molecule has 180 valence electrons. The molecule has 1 aliphatic carbocycles. The van der Waals surface area contributed by atoms with E-state index in [-0.39, 0.29) is 0 Å². The lowest BCUT2D eigenvalue weighted by atomic mass is 9.79. The molecule has 0 unspecified atom stereocenters. The molecule has 36 heavy (non-hydrogen) atoms. The van der Waals surface area contributed by atoms with Gasteiger partial charge >= 0.3 is 0 Å². The summed E-state index contributed by atoms with van der Waals surface area (Å²) in [5.41, 5.74) is 5.08. The van der Waals surface area contributed by atoms with Gasteiger partial charge in [-0.2, -0.15) is 5.10 Å². The number of rotatable bonds is 5. The maximum atomic E-state index is 5.17. The van der Waals surface area contributed by atoms with Gasteiger partial charge in [0, 0.05) is 55.7 Å². The Kier molecular flexibility index (Phi) is 5.20. The second-order valence-corrected chi connectivity index (χ2v) is 9.53. The van der Waals surface area contributed by atoms with Gasteiger partial charge in [0.25, 0.3) is 0 Å². The van der Waals surface area contributed by atoms with E-state index in [1.165, 1.54) is 30.2 Å². The van der Waals surface area contributed by atoms with Crippen molar-refractivity contribution in [3.05, 3.63) is 66.9 Å². The fourth-order valence-corrected chi connectivity index (χ4v) is 5.13. The summed E-state index contributed by atoms with van der Waals surface area (Å²) in [5.74, 6) is 3.00. The predicted octanol–water partition coefficient (Wildman–Crippen LogP) is 4.16. The Balaban J connectivity index is 1.30. The monoisotopic (exact) mass is 477 g/mol. The van der Waals surface area contributed by atoms with Crippen molar-refractivity contribution >= 4 is 33.7 Å². The van der Waals surface area contributed by atoms with Crippen LogP contribution in [-0.2, 0) is 0 Å². The summed E-state index contributed by atoms with van der Waals surface area (Å²) in [6, 6.07) is 9.99. The molecular formula is C27H27N9. The van der Waals surface area contributed by atoms with Gasteiger partial charge in [0.05, 0.1) is 29.1 Å². The number of anilines is 3. The summed E-state index contributed by atoms with van der Waals surface area (Å²) in [6.07, 6.45) is 13.2. The van der Waals surface area contributed by atoms with Crippen LogP contribution >= 0.6 is 0 Å². The largest absolute Gasteiger partial charge is 0.353 e. The molecule has 0 aromatic carbocycles. The first-order chi connectivity index (χ1) is 17.8. The average molecular weight is 478 g/mol. The minimum atomic E-state index is 0.557. The van der Waals surface area contributed by atoms with Crippen LogP contribution in [0.15, 0.2) is 61.3 Å². The first-order valence-electron chi connectivity index (χ1n) is 12.6. The van der Waals surface area contributed by atoms with Gasteiger partial charge in [-0.3, -0.25) is 4.98 Å². The van der Waals surface area contributed by atoms with Crippen LogP contribution in [0, 0.1) is 0 Å². The molecule has 5 aromatic heterocycles. The average Bonchev–Trinajstić information content (AvgIpc) is 3.36. The molecule has 1 saturated heterocycles. The number of aromatic nitrogens is 6. The highest BCUT2D eigenvalue weighted by atomic mass is 15.2. The molecule has 0 atom stereocenters. The summed E-state index contributed by atoms with van der Waals surface area (Å²) >= 11 is 0. The van der Waals surface area contributed by atoms with Crippen molar-refractivity contribution < 1.29 is 0 Å². The van der Waals surface area contributed by atoms with Crippen molar-refractivity contribution in [3.63, 3.8) is 0 Å². The molecule has 1 saturated carbocycles. The van der Waals surface area contributed by atoms with Gasteiger partial charge in [0.1, 0.15) is 11.6 Å². The van der Waals surface area contributed by atoms with E-state index in [9.17, 15) is 0 Å². The van der Waals surface area contributed by atoms with Crippen molar-refractivity contribution in [2.45, 2.75) is 25.2 Å². The Morgan fingerprint density at radius 2 is 1.89 bits per heavy atom. The Labute approximate surface area is 208 Å². The highest BCUT2D eigenvalue weighted by Crippen LogP contribution is 2.42. The smallest absolute Gasteiger partial charge is 0.162 e. The van der Waals surface area contributed by atoms with E-state index in [0.717, 1.165) is 60.1 Å². The molecule has 9 heteroatoms. The molecular weight excluding hydrogens is 450 g/mol. The lowest BCUT2D eigenvalue weighted by molar-refractivity contribution is 0.421. The van der Waals surface area contributed by atoms with E-state index in [4.69, 9.17) is 9.97 Å². The number of nitrogens with zero attached hydrogens (tertiary/aromatic N) is 7. The summed E-state index contributed by atoms with van der Waals surface area (Å²) in [7, 11) is 0. The van der Waals surface area contributed by atoms with Crippen LogP contribution in [0.1, 0.15) is 30.7 Å². The van der Waals surface area contributed by atoms with Gasteiger partial charge in [-0.25, -0.2) is 19.5 Å². The molecule has 0 radical (unpaired) electrons. The molecule has 0 bridgehead atoms. The molecule has 0 amide bonds. The van der Waals surface area contributed by atoms with Gasteiger partial charge in [-0.15, -0.1) is 0 Å². The Morgan fingerprint density at radius 1 is 0.972 bits per heavy atom. The van der Waals surface area contributed by atoms with E-state index in [2.05, 4.69) is 30.6 Å². The topological polar surface area (TPSA) is 96.2 Å². The molecule has 2 aliphatic rings. The molecule has 0 spiro atoms. The standard InChI is InChI=1S/C27H27N9/c1-2-18(3-1)22-15-29-16-23-25(22)27(35-12-10-28-11-13-35)34-26(33-23)19-6-8-30-24(14-19)32-20-4-5-21-7-9-31-36(21)17-20/h4-9,14-18,28H,1-3,10-13H2,(H,30,32). The second-order valence-electron chi connectivity index (χ2n) is 9.53. The zero-order valence-corrected chi connectivity index (χ0v) is 19.9. The third-order valence-corrected chi connectivity index (χ3v) is 7.27. The minimum absolute atomic E-state index is 0.557. The van der Waals surface area contributed by atoms with Crippen LogP contribution in [-0.4, -0.2) is 55.7 Å².